The standard InChI is InChI=1S/C22H26O6/c23-16(15-28-17-8-4-3-5-9-17)12-13-19-18(20(24)14-21(19)25)10-6-1-2-7-11-22(26)27/h2-6,8-9,12-13,16,18-19,21,23,25H,7,10-11,14-15H2,(H,26,27)/b13-12+. The molecule has 1 aliphatic rings. The Morgan fingerprint density at radius 3 is 2.75 bits per heavy atom. The normalized spacial score (nSPS) is 22.6. The lowest BCUT2D eigenvalue weighted by Crippen LogP contribution is -2.20. The third-order valence-electron chi connectivity index (χ3n) is 4.56. The number of aliphatic hydroxyl groups is 2. The van der Waals surface area contributed by atoms with Crippen LogP contribution in [0, 0.1) is 11.8 Å². The quantitative estimate of drug-likeness (QED) is 0.422. The van der Waals surface area contributed by atoms with Gasteiger partial charge in [-0.3, -0.25) is 9.59 Å². The number of carboxylic acid groups (broad SMARTS) is 1. The van der Waals surface area contributed by atoms with Crippen molar-refractivity contribution in [3.05, 3.63) is 60.4 Å². The van der Waals surface area contributed by atoms with Gasteiger partial charge in [-0.2, -0.15) is 0 Å². The van der Waals surface area contributed by atoms with E-state index in [2.05, 4.69) is 5.73 Å². The number of Topliss-reactive ketones (excluding diaryl/α,β-unsaturated/α-hetero) is 1. The molecule has 0 radical (unpaired) electrons. The summed E-state index contributed by atoms with van der Waals surface area (Å²) in [6, 6.07) is 9.14. The number of carbonyl (C=O) groups excluding carboxylic acids is 1. The highest BCUT2D eigenvalue weighted by Gasteiger charge is 2.39. The number of carbonyl (C=O) groups is 2. The van der Waals surface area contributed by atoms with E-state index in [1.807, 2.05) is 18.2 Å². The lowest BCUT2D eigenvalue weighted by Gasteiger charge is -2.16. The lowest BCUT2D eigenvalue weighted by atomic mass is 9.90. The van der Waals surface area contributed by atoms with Crippen molar-refractivity contribution in [1.29, 1.82) is 0 Å². The maximum Gasteiger partial charge on any atom is 0.303 e. The molecule has 1 saturated carbocycles. The molecule has 0 spiro atoms. The van der Waals surface area contributed by atoms with Crippen LogP contribution in [-0.2, 0) is 9.59 Å². The van der Waals surface area contributed by atoms with Crippen molar-refractivity contribution in [3.8, 4) is 5.75 Å². The number of allylic oxidation sites excluding steroid dienone is 1. The molecule has 0 aromatic heterocycles. The molecule has 28 heavy (non-hydrogen) atoms. The summed E-state index contributed by atoms with van der Waals surface area (Å²) in [6.07, 6.45) is 5.84. The van der Waals surface area contributed by atoms with E-state index in [4.69, 9.17) is 9.84 Å². The number of hydrogen-bond donors (Lipinski definition) is 3. The zero-order valence-corrected chi connectivity index (χ0v) is 15.6. The molecule has 0 saturated heterocycles. The number of rotatable bonds is 10. The van der Waals surface area contributed by atoms with Crippen molar-refractivity contribution in [2.24, 2.45) is 11.8 Å². The van der Waals surface area contributed by atoms with Gasteiger partial charge in [0.25, 0.3) is 0 Å². The van der Waals surface area contributed by atoms with Gasteiger partial charge in [0.05, 0.1) is 6.10 Å². The summed E-state index contributed by atoms with van der Waals surface area (Å²) >= 11 is 0. The molecular weight excluding hydrogens is 360 g/mol. The molecule has 0 amide bonds. The number of carboxylic acids is 1. The Morgan fingerprint density at radius 2 is 2.04 bits per heavy atom. The van der Waals surface area contributed by atoms with Crippen molar-refractivity contribution in [3.63, 3.8) is 0 Å². The SMILES string of the molecule is O=C(O)CCC=C=CCC1C(=O)CC(O)C1/C=C/C(O)COc1ccccc1. The maximum absolute atomic E-state index is 12.1. The van der Waals surface area contributed by atoms with Crippen LogP contribution in [0.5, 0.6) is 5.75 Å². The smallest absolute Gasteiger partial charge is 0.303 e. The van der Waals surface area contributed by atoms with Gasteiger partial charge in [-0.15, -0.1) is 5.73 Å². The minimum atomic E-state index is -0.868. The fourth-order valence-corrected chi connectivity index (χ4v) is 3.10. The van der Waals surface area contributed by atoms with E-state index in [-0.39, 0.29) is 37.1 Å². The molecular formula is C22H26O6. The maximum atomic E-state index is 12.1. The molecule has 0 aliphatic heterocycles. The van der Waals surface area contributed by atoms with Crippen LogP contribution in [0.2, 0.25) is 0 Å². The Bertz CT molecular complexity index is 733. The molecule has 3 N–H and O–H groups in total. The molecule has 4 unspecified atom stereocenters. The number of aliphatic carboxylic acids is 1. The van der Waals surface area contributed by atoms with E-state index in [1.165, 1.54) is 0 Å². The van der Waals surface area contributed by atoms with Crippen LogP contribution >= 0.6 is 0 Å². The number of ketones is 1. The first-order chi connectivity index (χ1) is 13.5. The van der Waals surface area contributed by atoms with E-state index in [1.54, 1.807) is 36.4 Å². The summed E-state index contributed by atoms with van der Waals surface area (Å²) in [4.78, 5) is 22.6. The van der Waals surface area contributed by atoms with Crippen LogP contribution in [0.3, 0.4) is 0 Å². The van der Waals surface area contributed by atoms with Gasteiger partial charge < -0.3 is 20.1 Å². The van der Waals surface area contributed by atoms with E-state index < -0.39 is 18.2 Å². The fraction of sp³-hybridized carbons (Fsp3) is 0.409. The van der Waals surface area contributed by atoms with Crippen molar-refractivity contribution in [1.82, 2.24) is 0 Å². The van der Waals surface area contributed by atoms with Gasteiger partial charge in [0, 0.05) is 24.7 Å². The van der Waals surface area contributed by atoms with Crippen LogP contribution in [0.25, 0.3) is 0 Å². The molecule has 2 rings (SSSR count). The minimum Gasteiger partial charge on any atom is -0.491 e. The molecule has 1 fully saturated rings. The molecule has 1 aromatic rings. The minimum absolute atomic E-state index is 0.0271. The predicted molar refractivity (Wildman–Crippen MR) is 104 cm³/mol. The van der Waals surface area contributed by atoms with Crippen molar-refractivity contribution in [2.75, 3.05) is 6.61 Å². The highest BCUT2D eigenvalue weighted by molar-refractivity contribution is 5.84. The third kappa shape index (κ3) is 7.16. The lowest BCUT2D eigenvalue weighted by molar-refractivity contribution is -0.136. The summed E-state index contributed by atoms with van der Waals surface area (Å²) in [5.74, 6) is -0.999. The number of para-hydroxylation sites is 1. The first-order valence-electron chi connectivity index (χ1n) is 9.33. The summed E-state index contributed by atoms with van der Waals surface area (Å²) < 4.78 is 5.48. The number of benzene rings is 1. The van der Waals surface area contributed by atoms with Gasteiger partial charge in [-0.1, -0.05) is 30.4 Å². The second-order valence-corrected chi connectivity index (χ2v) is 6.74. The van der Waals surface area contributed by atoms with Crippen LogP contribution in [0.4, 0.5) is 0 Å². The van der Waals surface area contributed by atoms with E-state index >= 15 is 0 Å². The van der Waals surface area contributed by atoms with Crippen LogP contribution in [0.15, 0.2) is 60.4 Å². The molecule has 0 bridgehead atoms. The topological polar surface area (TPSA) is 104 Å². The largest absolute Gasteiger partial charge is 0.491 e. The Labute approximate surface area is 164 Å². The second-order valence-electron chi connectivity index (χ2n) is 6.74. The first kappa shape index (κ1) is 21.6. The van der Waals surface area contributed by atoms with Crippen molar-refractivity contribution < 1.29 is 29.6 Å². The Balaban J connectivity index is 1.87. The summed E-state index contributed by atoms with van der Waals surface area (Å²) in [6.45, 7) is 0.0775. The summed E-state index contributed by atoms with van der Waals surface area (Å²) in [7, 11) is 0. The highest BCUT2D eigenvalue weighted by Crippen LogP contribution is 2.33. The molecule has 150 valence electrons. The summed E-state index contributed by atoms with van der Waals surface area (Å²) in [5.41, 5.74) is 2.89. The summed E-state index contributed by atoms with van der Waals surface area (Å²) in [5, 5.41) is 28.8. The molecule has 6 heteroatoms. The second kappa shape index (κ2) is 11.2. The molecule has 6 nitrogen and oxygen atoms in total. The third-order valence-corrected chi connectivity index (χ3v) is 4.56. The van der Waals surface area contributed by atoms with E-state index in [0.717, 1.165) is 0 Å². The average Bonchev–Trinajstić information content (AvgIpc) is 2.94. The van der Waals surface area contributed by atoms with Gasteiger partial charge in [-0.25, -0.2) is 0 Å². The average molecular weight is 386 g/mol. The van der Waals surface area contributed by atoms with Gasteiger partial charge in [0.15, 0.2) is 0 Å². The van der Waals surface area contributed by atoms with Crippen molar-refractivity contribution >= 4 is 11.8 Å². The fourth-order valence-electron chi connectivity index (χ4n) is 3.10. The Morgan fingerprint density at radius 1 is 1.29 bits per heavy atom. The molecule has 1 aromatic carbocycles. The molecule has 1 aliphatic carbocycles. The highest BCUT2D eigenvalue weighted by atomic mass is 16.5. The number of aliphatic hydroxyl groups excluding tert-OH is 2. The molecule has 0 heterocycles. The number of ether oxygens (including phenoxy) is 1. The first-order valence-corrected chi connectivity index (χ1v) is 9.33. The van der Waals surface area contributed by atoms with Gasteiger partial charge >= 0.3 is 5.97 Å². The van der Waals surface area contributed by atoms with E-state index in [9.17, 15) is 19.8 Å². The van der Waals surface area contributed by atoms with Crippen molar-refractivity contribution in [2.45, 2.75) is 37.9 Å². The van der Waals surface area contributed by atoms with E-state index in [0.29, 0.717) is 18.6 Å². The van der Waals surface area contributed by atoms with Crippen LogP contribution < -0.4 is 4.74 Å². The van der Waals surface area contributed by atoms with Gasteiger partial charge in [0.1, 0.15) is 24.2 Å². The zero-order valence-electron chi connectivity index (χ0n) is 15.6. The Hall–Kier alpha value is -2.66. The molecule has 4 atom stereocenters. The van der Waals surface area contributed by atoms with Crippen LogP contribution in [-0.4, -0.2) is 45.9 Å². The zero-order chi connectivity index (χ0) is 20.4. The monoisotopic (exact) mass is 386 g/mol. The van der Waals surface area contributed by atoms with Gasteiger partial charge in [-0.05, 0) is 37.1 Å². The Kier molecular flexibility index (Phi) is 8.69. The predicted octanol–water partition coefficient (Wildman–Crippen LogP) is 2.51. The van der Waals surface area contributed by atoms with Gasteiger partial charge in [0.2, 0.25) is 0 Å². The number of hydrogen-bond acceptors (Lipinski definition) is 5. The van der Waals surface area contributed by atoms with Crippen LogP contribution in [0.1, 0.15) is 25.7 Å².